The molecule has 0 saturated heterocycles. The molecule has 25 heteroatoms. The second kappa shape index (κ2) is 30.4. The molecule has 0 bridgehead atoms. The molecule has 0 spiro atoms. The first kappa shape index (κ1) is 62.0. The normalized spacial score (nSPS) is 16.3. The minimum atomic E-state index is -1.27. The number of hydrogen-bond acceptors (Lipinski definition) is 13. The van der Waals surface area contributed by atoms with Crippen LogP contribution in [0.5, 0.6) is 0 Å². The van der Waals surface area contributed by atoms with Gasteiger partial charge in [0.1, 0.15) is 66.5 Å². The Morgan fingerprint density at radius 1 is 0.412 bits per heavy atom. The van der Waals surface area contributed by atoms with Gasteiger partial charge in [-0.25, -0.2) is 0 Å². The monoisotopic (exact) mass is 986 g/mol. The van der Waals surface area contributed by atoms with E-state index in [9.17, 15) is 57.5 Å². The number of nitrogens with one attached hydrogen (secondary N) is 11. The van der Waals surface area contributed by atoms with Gasteiger partial charge in [0.05, 0.1) is 0 Å². The van der Waals surface area contributed by atoms with Crippen LogP contribution in [-0.2, 0) is 57.5 Å². The van der Waals surface area contributed by atoms with Crippen molar-refractivity contribution in [1.82, 2.24) is 58.5 Å². The maximum atomic E-state index is 13.5. The van der Waals surface area contributed by atoms with Gasteiger partial charge in [0.25, 0.3) is 0 Å². The molecule has 0 rings (SSSR count). The highest BCUT2D eigenvalue weighted by Gasteiger charge is 2.34. The molecule has 0 heterocycles. The second-order valence-electron chi connectivity index (χ2n) is 17.3. The van der Waals surface area contributed by atoms with Crippen LogP contribution in [0.2, 0.25) is 0 Å². The van der Waals surface area contributed by atoms with Gasteiger partial charge in [0, 0.05) is 6.92 Å². The number of hydrogen-bond donors (Lipinski definition) is 12. The van der Waals surface area contributed by atoms with Gasteiger partial charge in [0.15, 0.2) is 0 Å². The van der Waals surface area contributed by atoms with Gasteiger partial charge in [-0.3, -0.25) is 57.5 Å². The molecule has 0 saturated carbocycles. The van der Waals surface area contributed by atoms with Crippen LogP contribution in [0, 0.1) is 11.8 Å². The van der Waals surface area contributed by atoms with E-state index >= 15 is 0 Å². The number of carbonyl (C=O) groups is 12. The van der Waals surface area contributed by atoms with E-state index in [-0.39, 0.29) is 18.3 Å². The maximum Gasteiger partial charge on any atom is 0.325 e. The van der Waals surface area contributed by atoms with E-state index in [0.717, 1.165) is 0 Å². The van der Waals surface area contributed by atoms with Gasteiger partial charge in [-0.15, -0.1) is 0 Å². The lowest BCUT2D eigenvalue weighted by Gasteiger charge is -2.28. The number of rotatable bonds is 29. The lowest BCUT2D eigenvalue weighted by Crippen LogP contribution is -2.60. The van der Waals surface area contributed by atoms with Crippen molar-refractivity contribution in [1.29, 1.82) is 0 Å². The van der Waals surface area contributed by atoms with E-state index < -0.39 is 137 Å². The molecule has 386 valence electrons. The Hall–Kier alpha value is -6.01. The molecule has 0 fully saturated rings. The lowest BCUT2D eigenvalue weighted by molar-refractivity contribution is -0.141. The summed E-state index contributed by atoms with van der Waals surface area (Å²) >= 11 is 1.49. The average molecular weight is 986 g/mol. The van der Waals surface area contributed by atoms with Crippen molar-refractivity contribution in [2.45, 2.75) is 176 Å². The third kappa shape index (κ3) is 22.7. The summed E-state index contributed by atoms with van der Waals surface area (Å²) in [5, 5.41) is 36.2. The molecular weight excluding hydrogens is 911 g/mol. The largest absolute Gasteiger partial charge is 0.480 e. The Morgan fingerprint density at radius 3 is 1.03 bits per heavy atom. The number of carbonyl (C=O) groups excluding carboxylic acids is 11. The number of amides is 11. The van der Waals surface area contributed by atoms with Gasteiger partial charge in [0.2, 0.25) is 65.0 Å². The summed E-state index contributed by atoms with van der Waals surface area (Å²) in [7, 11) is 0. The molecule has 24 nitrogen and oxygen atoms in total. The molecule has 0 aliphatic rings. The first-order chi connectivity index (χ1) is 31.5. The first-order valence-corrected chi connectivity index (χ1v) is 23.9. The van der Waals surface area contributed by atoms with Crippen LogP contribution in [0.3, 0.4) is 0 Å². The summed E-state index contributed by atoms with van der Waals surface area (Å²) in [4.78, 5) is 153. The summed E-state index contributed by atoms with van der Waals surface area (Å²) in [5.41, 5.74) is 0. The molecule has 12 N–H and O–H groups in total. The van der Waals surface area contributed by atoms with Gasteiger partial charge in [-0.1, -0.05) is 34.1 Å². The van der Waals surface area contributed by atoms with Crippen molar-refractivity contribution >= 4 is 82.7 Å². The van der Waals surface area contributed by atoms with Crippen LogP contribution in [0.15, 0.2) is 0 Å². The number of aliphatic carboxylic acids is 1. The fourth-order valence-corrected chi connectivity index (χ4v) is 6.34. The zero-order chi connectivity index (χ0) is 52.7. The third-order valence-corrected chi connectivity index (χ3v) is 11.1. The summed E-state index contributed by atoms with van der Waals surface area (Å²) < 4.78 is 0. The van der Waals surface area contributed by atoms with Crippen LogP contribution in [0.1, 0.15) is 109 Å². The molecular formula is C43H75N11O13S. The maximum absolute atomic E-state index is 13.5. The van der Waals surface area contributed by atoms with Crippen LogP contribution in [0.25, 0.3) is 0 Å². The van der Waals surface area contributed by atoms with Gasteiger partial charge >= 0.3 is 5.97 Å². The fourth-order valence-electron chi connectivity index (χ4n) is 5.87. The predicted molar refractivity (Wildman–Crippen MR) is 252 cm³/mol. The van der Waals surface area contributed by atoms with Crippen molar-refractivity contribution in [2.24, 2.45) is 11.8 Å². The van der Waals surface area contributed by atoms with E-state index in [0.29, 0.717) is 18.6 Å². The van der Waals surface area contributed by atoms with E-state index in [1.165, 1.54) is 74.1 Å². The molecule has 11 amide bonds. The minimum absolute atomic E-state index is 0.114. The Balaban J connectivity index is 5.41. The number of carboxylic acid groups (broad SMARTS) is 1. The fraction of sp³-hybridized carbons (Fsp3) is 0.721. The van der Waals surface area contributed by atoms with Crippen molar-refractivity contribution in [3.8, 4) is 0 Å². The topological polar surface area (TPSA) is 357 Å². The smallest absolute Gasteiger partial charge is 0.325 e. The van der Waals surface area contributed by atoms with Crippen LogP contribution >= 0.6 is 11.8 Å². The molecule has 0 aliphatic heterocycles. The van der Waals surface area contributed by atoms with Crippen molar-refractivity contribution < 1.29 is 62.6 Å². The van der Waals surface area contributed by atoms with Crippen LogP contribution in [-0.4, -0.2) is 155 Å². The predicted octanol–water partition coefficient (Wildman–Crippen LogP) is -2.57. The van der Waals surface area contributed by atoms with E-state index in [1.807, 2.05) is 13.2 Å². The Bertz CT molecular complexity index is 1820. The highest BCUT2D eigenvalue weighted by Crippen LogP contribution is 2.11. The Morgan fingerprint density at radius 2 is 0.721 bits per heavy atom. The number of carboxylic acids is 1. The summed E-state index contributed by atoms with van der Waals surface area (Å²) in [5.74, 6) is -8.91. The SMILES string of the molecule is CC[C@H](C)[C@H](NC(=O)[C@H](CCSC)NC(C)=O)C(=O)N[C@@H](C)C(=O)N[C@@H](CC(C)C)C(=O)N[C@@H](C)C(=O)N[C@@H](C)C(=O)N[C@@H](C)C(=O)N[C@@H](C)C(=O)N[C@@H](C)C(=O)N[C@@H](C)C(=O)N[C@@H](C)C(=O)O. The van der Waals surface area contributed by atoms with E-state index in [4.69, 9.17) is 5.11 Å². The van der Waals surface area contributed by atoms with Crippen molar-refractivity contribution in [3.05, 3.63) is 0 Å². The molecule has 0 aromatic rings. The van der Waals surface area contributed by atoms with E-state index in [2.05, 4.69) is 58.5 Å². The minimum Gasteiger partial charge on any atom is -0.480 e. The van der Waals surface area contributed by atoms with Gasteiger partial charge in [-0.05, 0) is 92.1 Å². The van der Waals surface area contributed by atoms with Crippen LogP contribution < -0.4 is 58.5 Å². The number of thioether (sulfide) groups is 1. The van der Waals surface area contributed by atoms with Crippen LogP contribution in [0.4, 0.5) is 0 Å². The zero-order valence-corrected chi connectivity index (χ0v) is 42.4. The summed E-state index contributed by atoms with van der Waals surface area (Å²) in [6, 6.07) is -12.6. The third-order valence-electron chi connectivity index (χ3n) is 10.4. The highest BCUT2D eigenvalue weighted by atomic mass is 32.2. The molecule has 0 radical (unpaired) electrons. The molecule has 0 aromatic heterocycles. The molecule has 0 aliphatic carbocycles. The lowest BCUT2D eigenvalue weighted by atomic mass is 9.97. The molecule has 0 aromatic carbocycles. The van der Waals surface area contributed by atoms with Crippen molar-refractivity contribution in [2.75, 3.05) is 12.0 Å². The quantitative estimate of drug-likeness (QED) is 0.0367. The molecule has 12 atom stereocenters. The standard InChI is InChI=1S/C43H75N11O13S/c1-15-20(4)32(54-40(63)30(16-17-68-14)52-29(13)55)42(65)50-27(11)39(62)53-31(18-19(2)3)41(64)49-26(10)37(60)47-24(8)35(58)45-22(6)33(56)44-21(5)34(57)46-23(7)36(59)48-25(9)38(61)51-28(12)43(66)67/h19-28,30-32H,15-18H2,1-14H3,(H,44,56)(H,45,58)(H,46,57)(H,47,60)(H,48,59)(H,49,64)(H,50,65)(H,51,61)(H,52,55)(H,53,62)(H,54,63)(H,66,67)/t20-,21-,22-,23-,24-,25-,26-,27-,28-,30-,31-,32-/m0/s1. The van der Waals surface area contributed by atoms with Gasteiger partial charge in [-0.2, -0.15) is 11.8 Å². The van der Waals surface area contributed by atoms with Crippen molar-refractivity contribution in [3.63, 3.8) is 0 Å². The highest BCUT2D eigenvalue weighted by molar-refractivity contribution is 7.98. The average Bonchev–Trinajstić information content (AvgIpc) is 3.25. The van der Waals surface area contributed by atoms with Gasteiger partial charge < -0.3 is 63.6 Å². The van der Waals surface area contributed by atoms with E-state index in [1.54, 1.807) is 20.8 Å². The zero-order valence-electron chi connectivity index (χ0n) is 41.6. The Kier molecular flexibility index (Phi) is 27.7. The summed E-state index contributed by atoms with van der Waals surface area (Å²) in [6.07, 6.45) is 2.83. The Labute approximate surface area is 402 Å². The second-order valence-corrected chi connectivity index (χ2v) is 18.3. The molecule has 0 unspecified atom stereocenters. The first-order valence-electron chi connectivity index (χ1n) is 22.5. The molecule has 68 heavy (non-hydrogen) atoms. The summed E-state index contributed by atoms with van der Waals surface area (Å²) in [6.45, 7) is 19.1.